The van der Waals surface area contributed by atoms with E-state index in [1.165, 1.54) is 17.3 Å². The number of fused-ring (bicyclic) bond motifs is 1. The molecule has 0 aliphatic carbocycles. The van der Waals surface area contributed by atoms with Crippen molar-refractivity contribution in [3.8, 4) is 0 Å². The summed E-state index contributed by atoms with van der Waals surface area (Å²) in [6.45, 7) is 2.11. The lowest BCUT2D eigenvalue weighted by atomic mass is 10.1. The first-order valence-corrected chi connectivity index (χ1v) is 4.62. The molecule has 0 aliphatic heterocycles. The van der Waals surface area contributed by atoms with Gasteiger partial charge < -0.3 is 9.77 Å². The van der Waals surface area contributed by atoms with Gasteiger partial charge in [0.1, 0.15) is 6.34 Å². The van der Waals surface area contributed by atoms with Crippen LogP contribution in [0.15, 0.2) is 35.6 Å². The van der Waals surface area contributed by atoms with E-state index in [1.807, 2.05) is 29.0 Å². The lowest BCUT2D eigenvalue weighted by Gasteiger charge is -1.93. The molecule has 1 aromatic carbocycles. The summed E-state index contributed by atoms with van der Waals surface area (Å²) in [5.41, 5.74) is 2.34. The summed E-state index contributed by atoms with van der Waals surface area (Å²) in [6.07, 6.45) is 4.37. The fraction of sp³-hybridized carbons (Fsp3) is 0.182. The molecule has 0 radical (unpaired) electrons. The molecular formula is C11H12N2O. The zero-order chi connectivity index (χ0) is 9.97. The molecule has 0 amide bonds. The Labute approximate surface area is 82.3 Å². The summed E-state index contributed by atoms with van der Waals surface area (Å²) in [4.78, 5) is 0. The number of oxime groups is 1. The molecule has 3 nitrogen and oxygen atoms in total. The van der Waals surface area contributed by atoms with E-state index in [0.717, 1.165) is 11.9 Å². The standard InChI is InChI=1S/C11H12N2O/c1-2-9-7-13(8-12-14)11-6-4-3-5-10(9)11/h3-8,14H,2H2,1H3. The number of hydrogen-bond donors (Lipinski definition) is 1. The summed E-state index contributed by atoms with van der Waals surface area (Å²) in [5.74, 6) is 0. The van der Waals surface area contributed by atoms with Crippen LogP contribution in [0.5, 0.6) is 0 Å². The molecule has 0 aliphatic rings. The van der Waals surface area contributed by atoms with Gasteiger partial charge in [-0.3, -0.25) is 0 Å². The minimum absolute atomic E-state index is 0.979. The van der Waals surface area contributed by atoms with Gasteiger partial charge in [-0.15, -0.1) is 0 Å². The van der Waals surface area contributed by atoms with Gasteiger partial charge >= 0.3 is 0 Å². The fourth-order valence-corrected chi connectivity index (χ4v) is 1.71. The summed E-state index contributed by atoms with van der Waals surface area (Å²) in [7, 11) is 0. The van der Waals surface area contributed by atoms with Gasteiger partial charge in [0.2, 0.25) is 0 Å². The Hall–Kier alpha value is -1.77. The smallest absolute Gasteiger partial charge is 0.139 e. The largest absolute Gasteiger partial charge is 0.410 e. The monoisotopic (exact) mass is 188 g/mol. The summed E-state index contributed by atoms with van der Waals surface area (Å²) in [6, 6.07) is 8.08. The maximum Gasteiger partial charge on any atom is 0.139 e. The first-order chi connectivity index (χ1) is 6.86. The molecule has 0 saturated carbocycles. The van der Waals surface area contributed by atoms with Crippen LogP contribution in [0.25, 0.3) is 10.9 Å². The molecule has 0 fully saturated rings. The van der Waals surface area contributed by atoms with Gasteiger partial charge in [-0.1, -0.05) is 30.3 Å². The van der Waals surface area contributed by atoms with Crippen LogP contribution in [-0.2, 0) is 6.42 Å². The van der Waals surface area contributed by atoms with Crippen LogP contribution in [0.3, 0.4) is 0 Å². The quantitative estimate of drug-likeness (QED) is 0.334. The highest BCUT2D eigenvalue weighted by molar-refractivity contribution is 5.89. The Balaban J connectivity index is 2.73. The maximum atomic E-state index is 8.51. The van der Waals surface area contributed by atoms with Crippen LogP contribution >= 0.6 is 0 Å². The first-order valence-electron chi connectivity index (χ1n) is 4.62. The minimum atomic E-state index is 0.979. The van der Waals surface area contributed by atoms with Gasteiger partial charge in [0.15, 0.2) is 0 Å². The molecule has 2 rings (SSSR count). The molecule has 1 N–H and O–H groups in total. The molecule has 2 aromatic rings. The number of nitrogens with zero attached hydrogens (tertiary/aromatic N) is 2. The molecule has 1 aromatic heterocycles. The third kappa shape index (κ3) is 1.27. The summed E-state index contributed by atoms with van der Waals surface area (Å²) >= 11 is 0. The Bertz CT molecular complexity index is 471. The van der Waals surface area contributed by atoms with Crippen molar-refractivity contribution in [1.82, 2.24) is 4.57 Å². The molecular weight excluding hydrogens is 176 g/mol. The van der Waals surface area contributed by atoms with Crippen LogP contribution in [0.4, 0.5) is 0 Å². The van der Waals surface area contributed by atoms with Crippen molar-refractivity contribution in [2.24, 2.45) is 5.16 Å². The van der Waals surface area contributed by atoms with Gasteiger partial charge in [0.05, 0.1) is 5.52 Å². The molecule has 0 spiro atoms. The number of rotatable bonds is 2. The van der Waals surface area contributed by atoms with Crippen LogP contribution in [0, 0.1) is 0 Å². The maximum absolute atomic E-state index is 8.51. The minimum Gasteiger partial charge on any atom is -0.410 e. The van der Waals surface area contributed by atoms with Crippen molar-refractivity contribution < 1.29 is 5.21 Å². The molecule has 72 valence electrons. The number of aryl methyl sites for hydroxylation is 1. The van der Waals surface area contributed by atoms with Gasteiger partial charge in [-0.2, -0.15) is 0 Å². The van der Waals surface area contributed by atoms with Crippen LogP contribution in [0.2, 0.25) is 0 Å². The average Bonchev–Trinajstić information content (AvgIpc) is 2.58. The Morgan fingerprint density at radius 3 is 2.93 bits per heavy atom. The van der Waals surface area contributed by atoms with Crippen LogP contribution in [0.1, 0.15) is 12.5 Å². The van der Waals surface area contributed by atoms with E-state index in [0.29, 0.717) is 0 Å². The summed E-state index contributed by atoms with van der Waals surface area (Å²) in [5, 5.41) is 12.8. The number of para-hydroxylation sites is 1. The average molecular weight is 188 g/mol. The molecule has 0 saturated heterocycles. The predicted octanol–water partition coefficient (Wildman–Crippen LogP) is 2.47. The fourth-order valence-electron chi connectivity index (χ4n) is 1.71. The zero-order valence-electron chi connectivity index (χ0n) is 8.01. The topological polar surface area (TPSA) is 37.5 Å². The van der Waals surface area contributed by atoms with Gasteiger partial charge in [-0.25, -0.2) is 0 Å². The van der Waals surface area contributed by atoms with E-state index < -0.39 is 0 Å². The van der Waals surface area contributed by atoms with Crippen molar-refractivity contribution in [3.05, 3.63) is 36.0 Å². The predicted molar refractivity (Wildman–Crippen MR) is 57.0 cm³/mol. The summed E-state index contributed by atoms with van der Waals surface area (Å²) < 4.78 is 1.83. The Kier molecular flexibility index (Phi) is 2.23. The van der Waals surface area contributed by atoms with E-state index in [4.69, 9.17) is 5.21 Å². The second kappa shape index (κ2) is 3.54. The van der Waals surface area contributed by atoms with Crippen LogP contribution in [-0.4, -0.2) is 16.1 Å². The number of benzene rings is 1. The van der Waals surface area contributed by atoms with Gasteiger partial charge in [0, 0.05) is 11.6 Å². The van der Waals surface area contributed by atoms with Crippen molar-refractivity contribution in [2.45, 2.75) is 13.3 Å². The van der Waals surface area contributed by atoms with E-state index in [1.54, 1.807) is 0 Å². The highest BCUT2D eigenvalue weighted by Gasteiger charge is 2.04. The molecule has 3 heteroatoms. The Morgan fingerprint density at radius 1 is 1.43 bits per heavy atom. The highest BCUT2D eigenvalue weighted by atomic mass is 16.4. The SMILES string of the molecule is CCc1cn(C=NO)c2ccccc12. The lowest BCUT2D eigenvalue weighted by Crippen LogP contribution is -1.91. The van der Waals surface area contributed by atoms with Gasteiger partial charge in [0.25, 0.3) is 0 Å². The van der Waals surface area contributed by atoms with E-state index in [9.17, 15) is 0 Å². The lowest BCUT2D eigenvalue weighted by molar-refractivity contribution is 0.320. The molecule has 14 heavy (non-hydrogen) atoms. The second-order valence-electron chi connectivity index (χ2n) is 3.16. The molecule has 1 heterocycles. The normalized spacial score (nSPS) is 11.5. The Morgan fingerprint density at radius 2 is 2.21 bits per heavy atom. The van der Waals surface area contributed by atoms with Crippen molar-refractivity contribution in [1.29, 1.82) is 0 Å². The first kappa shape index (κ1) is 8.81. The second-order valence-corrected chi connectivity index (χ2v) is 3.16. The third-order valence-corrected chi connectivity index (χ3v) is 2.38. The molecule has 0 atom stereocenters. The van der Waals surface area contributed by atoms with Crippen LogP contribution < -0.4 is 0 Å². The highest BCUT2D eigenvalue weighted by Crippen LogP contribution is 2.20. The number of aromatic nitrogens is 1. The number of hydrogen-bond acceptors (Lipinski definition) is 2. The van der Waals surface area contributed by atoms with Crippen molar-refractivity contribution >= 4 is 17.2 Å². The van der Waals surface area contributed by atoms with Crippen molar-refractivity contribution in [3.63, 3.8) is 0 Å². The zero-order valence-corrected chi connectivity index (χ0v) is 8.01. The molecule has 0 bridgehead atoms. The van der Waals surface area contributed by atoms with E-state index in [2.05, 4.69) is 18.1 Å². The van der Waals surface area contributed by atoms with Gasteiger partial charge in [-0.05, 0) is 18.1 Å². The van der Waals surface area contributed by atoms with E-state index >= 15 is 0 Å². The molecule has 0 unspecified atom stereocenters. The van der Waals surface area contributed by atoms with Crippen molar-refractivity contribution in [2.75, 3.05) is 0 Å². The third-order valence-electron chi connectivity index (χ3n) is 2.38. The van der Waals surface area contributed by atoms with E-state index in [-0.39, 0.29) is 0 Å².